The molecule has 2 aromatic rings. The summed E-state index contributed by atoms with van der Waals surface area (Å²) in [6, 6.07) is 9.10. The number of hydrogen-bond acceptors (Lipinski definition) is 5. The van der Waals surface area contributed by atoms with Crippen LogP contribution in [-0.4, -0.2) is 28.9 Å². The van der Waals surface area contributed by atoms with Gasteiger partial charge in [0.2, 0.25) is 0 Å². The van der Waals surface area contributed by atoms with E-state index in [1.807, 2.05) is 25.1 Å². The zero-order chi connectivity index (χ0) is 14.6. The van der Waals surface area contributed by atoms with Crippen LogP contribution in [0.2, 0.25) is 0 Å². The van der Waals surface area contributed by atoms with Crippen molar-refractivity contribution in [2.24, 2.45) is 0 Å². The minimum Gasteiger partial charge on any atom is -0.480 e. The summed E-state index contributed by atoms with van der Waals surface area (Å²) in [5.74, 6) is -0.648. The normalized spacial score (nSPS) is 13.9. The number of carboxylic acid groups (broad SMARTS) is 1. The maximum atomic E-state index is 11.8. The van der Waals surface area contributed by atoms with Crippen LogP contribution < -0.4 is 5.32 Å². The molecule has 1 atom stereocenters. The zero-order valence-corrected chi connectivity index (χ0v) is 12.1. The van der Waals surface area contributed by atoms with Gasteiger partial charge in [0.1, 0.15) is 6.26 Å². The van der Waals surface area contributed by atoms with Crippen LogP contribution in [0.4, 0.5) is 0 Å². The quantitative estimate of drug-likeness (QED) is 0.796. The van der Waals surface area contributed by atoms with E-state index >= 15 is 0 Å². The van der Waals surface area contributed by atoms with Crippen molar-refractivity contribution < 1.29 is 14.3 Å². The van der Waals surface area contributed by atoms with Crippen LogP contribution in [0.5, 0.6) is 0 Å². The van der Waals surface area contributed by atoms with Crippen LogP contribution in [0.1, 0.15) is 11.3 Å². The van der Waals surface area contributed by atoms with Gasteiger partial charge in [-0.2, -0.15) is 0 Å². The van der Waals surface area contributed by atoms with E-state index in [0.717, 1.165) is 5.69 Å². The van der Waals surface area contributed by atoms with Crippen molar-refractivity contribution in [3.8, 4) is 0 Å². The molecule has 1 heterocycles. The third kappa shape index (κ3) is 2.86. The summed E-state index contributed by atoms with van der Waals surface area (Å²) in [4.78, 5) is 15.9. The van der Waals surface area contributed by atoms with Gasteiger partial charge in [0.05, 0.1) is 5.69 Å². The van der Waals surface area contributed by atoms with Crippen molar-refractivity contribution in [1.29, 1.82) is 0 Å². The molecule has 2 rings (SSSR count). The highest BCUT2D eigenvalue weighted by Crippen LogP contribution is 2.29. The Morgan fingerprint density at radius 3 is 2.65 bits per heavy atom. The molecular weight excluding hydrogens is 276 g/mol. The number of carboxylic acids is 1. The Bertz CT molecular complexity index is 585. The predicted octanol–water partition coefficient (Wildman–Crippen LogP) is 2.27. The molecule has 106 valence electrons. The van der Waals surface area contributed by atoms with E-state index in [9.17, 15) is 9.90 Å². The Labute approximate surface area is 121 Å². The lowest BCUT2D eigenvalue weighted by Gasteiger charge is -2.28. The van der Waals surface area contributed by atoms with E-state index in [2.05, 4.69) is 10.3 Å². The van der Waals surface area contributed by atoms with Crippen molar-refractivity contribution in [2.45, 2.75) is 17.7 Å². The van der Waals surface area contributed by atoms with Crippen molar-refractivity contribution >= 4 is 17.7 Å². The first-order valence-corrected chi connectivity index (χ1v) is 7.10. The maximum Gasteiger partial charge on any atom is 0.329 e. The number of nitrogens with one attached hydrogen (secondary N) is 1. The molecule has 0 amide bonds. The van der Waals surface area contributed by atoms with Crippen molar-refractivity contribution in [2.75, 3.05) is 12.8 Å². The van der Waals surface area contributed by atoms with Gasteiger partial charge in [-0.15, -0.1) is 0 Å². The van der Waals surface area contributed by atoms with Crippen molar-refractivity contribution in [3.63, 3.8) is 0 Å². The molecule has 0 spiro atoms. The lowest BCUT2D eigenvalue weighted by Crippen LogP contribution is -2.49. The van der Waals surface area contributed by atoms with Crippen LogP contribution in [0.3, 0.4) is 0 Å². The largest absolute Gasteiger partial charge is 0.480 e. The Balaban J connectivity index is 2.26. The Kier molecular flexibility index (Phi) is 4.46. The molecule has 0 fully saturated rings. The van der Waals surface area contributed by atoms with Gasteiger partial charge in [0.25, 0.3) is 5.22 Å². The Morgan fingerprint density at radius 1 is 1.45 bits per heavy atom. The molecule has 1 aromatic heterocycles. The SMILES string of the molecule is CNC(CSc1nc(C)co1)(C(=O)O)c1ccccc1. The van der Waals surface area contributed by atoms with Gasteiger partial charge in [0, 0.05) is 5.75 Å². The van der Waals surface area contributed by atoms with Gasteiger partial charge in [-0.25, -0.2) is 9.78 Å². The molecule has 2 N–H and O–H groups in total. The van der Waals surface area contributed by atoms with Gasteiger partial charge >= 0.3 is 5.97 Å². The smallest absolute Gasteiger partial charge is 0.329 e. The lowest BCUT2D eigenvalue weighted by molar-refractivity contribution is -0.144. The summed E-state index contributed by atoms with van der Waals surface area (Å²) in [7, 11) is 1.64. The van der Waals surface area contributed by atoms with E-state index in [4.69, 9.17) is 4.42 Å². The van der Waals surface area contributed by atoms with Crippen LogP contribution in [0.15, 0.2) is 46.2 Å². The van der Waals surface area contributed by atoms with Gasteiger partial charge in [-0.05, 0) is 19.5 Å². The van der Waals surface area contributed by atoms with Crippen LogP contribution in [0, 0.1) is 6.92 Å². The fraction of sp³-hybridized carbons (Fsp3) is 0.286. The monoisotopic (exact) mass is 292 g/mol. The number of carbonyl (C=O) groups is 1. The number of benzene rings is 1. The van der Waals surface area contributed by atoms with Gasteiger partial charge in [0.15, 0.2) is 5.54 Å². The third-order valence-electron chi connectivity index (χ3n) is 3.07. The van der Waals surface area contributed by atoms with E-state index in [1.54, 1.807) is 25.4 Å². The highest BCUT2D eigenvalue weighted by molar-refractivity contribution is 7.99. The predicted molar refractivity (Wildman–Crippen MR) is 76.8 cm³/mol. The number of nitrogens with zero attached hydrogens (tertiary/aromatic N) is 1. The minimum atomic E-state index is -1.17. The minimum absolute atomic E-state index is 0.281. The second-order valence-electron chi connectivity index (χ2n) is 4.37. The van der Waals surface area contributed by atoms with Gasteiger partial charge in [-0.1, -0.05) is 42.1 Å². The molecule has 1 unspecified atom stereocenters. The van der Waals surface area contributed by atoms with Crippen molar-refractivity contribution in [1.82, 2.24) is 10.3 Å². The second kappa shape index (κ2) is 6.11. The summed E-state index contributed by atoms with van der Waals surface area (Å²) in [6.45, 7) is 1.83. The summed E-state index contributed by atoms with van der Waals surface area (Å²) >= 11 is 1.27. The average molecular weight is 292 g/mol. The molecule has 0 aliphatic heterocycles. The third-order valence-corrected chi connectivity index (χ3v) is 4.08. The standard InChI is InChI=1S/C14H16N2O3S/c1-10-8-19-13(16-10)20-9-14(15-2,12(17)18)11-6-4-3-5-7-11/h3-8,15H,9H2,1-2H3,(H,17,18). The molecule has 0 bridgehead atoms. The number of rotatable bonds is 6. The molecule has 0 radical (unpaired) electrons. The summed E-state index contributed by atoms with van der Waals surface area (Å²) in [5, 5.41) is 13.0. The number of thioether (sulfide) groups is 1. The molecule has 6 heteroatoms. The van der Waals surface area contributed by atoms with Crippen LogP contribution in [0.25, 0.3) is 0 Å². The number of aromatic nitrogens is 1. The maximum absolute atomic E-state index is 11.8. The molecule has 5 nitrogen and oxygen atoms in total. The number of aryl methyl sites for hydroxylation is 1. The molecule has 1 aromatic carbocycles. The van der Waals surface area contributed by atoms with Gasteiger partial charge in [-0.3, -0.25) is 0 Å². The second-order valence-corrected chi connectivity index (χ2v) is 5.30. The van der Waals surface area contributed by atoms with E-state index in [-0.39, 0.29) is 5.75 Å². The van der Waals surface area contributed by atoms with Crippen LogP contribution in [-0.2, 0) is 10.3 Å². The summed E-state index contributed by atoms with van der Waals surface area (Å²) in [6.07, 6.45) is 1.55. The average Bonchev–Trinajstić information content (AvgIpc) is 2.87. The van der Waals surface area contributed by atoms with Crippen LogP contribution >= 0.6 is 11.8 Å². The first kappa shape index (κ1) is 14.6. The summed E-state index contributed by atoms with van der Waals surface area (Å²) in [5.41, 5.74) is 0.303. The topological polar surface area (TPSA) is 75.4 Å². The number of likely N-dealkylation sites (N-methyl/N-ethyl adjacent to an activating group) is 1. The molecule has 20 heavy (non-hydrogen) atoms. The number of aliphatic carboxylic acids is 1. The van der Waals surface area contributed by atoms with Crippen molar-refractivity contribution in [3.05, 3.63) is 47.9 Å². The molecule has 0 saturated heterocycles. The van der Waals surface area contributed by atoms with E-state index < -0.39 is 11.5 Å². The fourth-order valence-corrected chi connectivity index (χ4v) is 2.98. The Hall–Kier alpha value is -1.79. The lowest BCUT2D eigenvalue weighted by atomic mass is 9.92. The first-order chi connectivity index (χ1) is 9.58. The Morgan fingerprint density at radius 2 is 2.15 bits per heavy atom. The van der Waals surface area contributed by atoms with Gasteiger partial charge < -0.3 is 14.8 Å². The van der Waals surface area contributed by atoms with E-state index in [0.29, 0.717) is 10.8 Å². The molecule has 0 saturated carbocycles. The fourth-order valence-electron chi connectivity index (χ4n) is 1.88. The summed E-state index contributed by atoms with van der Waals surface area (Å²) < 4.78 is 5.25. The molecule has 0 aliphatic carbocycles. The molecule has 0 aliphatic rings. The molecular formula is C14H16N2O3S. The first-order valence-electron chi connectivity index (χ1n) is 6.11. The highest BCUT2D eigenvalue weighted by atomic mass is 32.2. The zero-order valence-electron chi connectivity index (χ0n) is 11.3. The number of hydrogen-bond donors (Lipinski definition) is 2. The highest BCUT2D eigenvalue weighted by Gasteiger charge is 2.39. The van der Waals surface area contributed by atoms with E-state index in [1.165, 1.54) is 11.8 Å². The number of oxazole rings is 1.